The van der Waals surface area contributed by atoms with Crippen LogP contribution in [0.5, 0.6) is 5.75 Å². The fraction of sp³-hybridized carbons (Fsp3) is 0.529. The minimum absolute atomic E-state index is 0.177. The number of carbonyl (C=O) groups is 2. The summed E-state index contributed by atoms with van der Waals surface area (Å²) in [6, 6.07) is 7.54. The van der Waals surface area contributed by atoms with Crippen molar-refractivity contribution in [3.63, 3.8) is 0 Å². The van der Waals surface area contributed by atoms with Crippen LogP contribution < -0.4 is 10.1 Å². The summed E-state index contributed by atoms with van der Waals surface area (Å²) >= 11 is 3.37. The van der Waals surface area contributed by atoms with Crippen LogP contribution in [0.3, 0.4) is 0 Å². The highest BCUT2D eigenvalue weighted by molar-refractivity contribution is 9.10. The summed E-state index contributed by atoms with van der Waals surface area (Å²) < 4.78 is 11.3. The average molecular weight is 386 g/mol. The standard InChI is InChI=1S/C17H24BrNO4/c1-4-10-17(2,16(21)22-3)19-15(20)9-6-11-23-14-8-5-7-13(18)12-14/h5,7-8,12H,4,6,9-11H2,1-3H3,(H,19,20). The molecule has 0 aliphatic carbocycles. The van der Waals surface area contributed by atoms with Crippen LogP contribution >= 0.6 is 15.9 Å². The van der Waals surface area contributed by atoms with Crippen LogP contribution in [0.2, 0.25) is 0 Å². The molecule has 23 heavy (non-hydrogen) atoms. The van der Waals surface area contributed by atoms with Gasteiger partial charge in [-0.2, -0.15) is 0 Å². The normalized spacial score (nSPS) is 13.0. The Balaban J connectivity index is 2.39. The lowest BCUT2D eigenvalue weighted by molar-refractivity contribution is -0.150. The third-order valence-corrected chi connectivity index (χ3v) is 3.91. The molecule has 1 atom stereocenters. The Bertz CT molecular complexity index is 535. The number of halogens is 1. The molecule has 1 aromatic carbocycles. The maximum Gasteiger partial charge on any atom is 0.331 e. The zero-order valence-corrected chi connectivity index (χ0v) is 15.4. The van der Waals surface area contributed by atoms with Crippen molar-refractivity contribution in [1.82, 2.24) is 5.32 Å². The van der Waals surface area contributed by atoms with Gasteiger partial charge in [0.2, 0.25) is 5.91 Å². The first-order chi connectivity index (χ1) is 10.9. The highest BCUT2D eigenvalue weighted by atomic mass is 79.9. The molecule has 5 nitrogen and oxygen atoms in total. The topological polar surface area (TPSA) is 64.6 Å². The third kappa shape index (κ3) is 6.60. The Morgan fingerprint density at radius 3 is 2.70 bits per heavy atom. The van der Waals surface area contributed by atoms with Crippen LogP contribution in [0, 0.1) is 0 Å². The molecule has 0 aliphatic heterocycles. The predicted octanol–water partition coefficient (Wildman–Crippen LogP) is 3.46. The quantitative estimate of drug-likeness (QED) is 0.522. The van der Waals surface area contributed by atoms with E-state index in [4.69, 9.17) is 9.47 Å². The van der Waals surface area contributed by atoms with Crippen molar-refractivity contribution in [3.8, 4) is 5.75 Å². The van der Waals surface area contributed by atoms with Crippen LogP contribution in [-0.4, -0.2) is 31.1 Å². The van der Waals surface area contributed by atoms with Crippen molar-refractivity contribution < 1.29 is 19.1 Å². The molecule has 0 saturated carbocycles. The molecular formula is C17H24BrNO4. The second kappa shape index (κ2) is 9.55. The molecule has 1 N–H and O–H groups in total. The smallest absolute Gasteiger partial charge is 0.331 e. The second-order valence-electron chi connectivity index (χ2n) is 5.53. The molecule has 1 rings (SSSR count). The lowest BCUT2D eigenvalue weighted by atomic mass is 9.96. The van der Waals surface area contributed by atoms with Crippen molar-refractivity contribution >= 4 is 27.8 Å². The molecule has 6 heteroatoms. The van der Waals surface area contributed by atoms with Crippen LogP contribution in [-0.2, 0) is 14.3 Å². The van der Waals surface area contributed by atoms with E-state index in [1.807, 2.05) is 31.2 Å². The SMILES string of the molecule is CCCC(C)(NC(=O)CCCOc1cccc(Br)c1)C(=O)OC. The predicted molar refractivity (Wildman–Crippen MR) is 92.3 cm³/mol. The minimum atomic E-state index is -0.967. The number of nitrogens with one attached hydrogen (secondary N) is 1. The number of benzene rings is 1. The number of hydrogen-bond donors (Lipinski definition) is 1. The van der Waals surface area contributed by atoms with Gasteiger partial charge in [0.15, 0.2) is 0 Å². The Morgan fingerprint density at radius 1 is 1.35 bits per heavy atom. The zero-order valence-electron chi connectivity index (χ0n) is 13.9. The number of ether oxygens (including phenoxy) is 2. The van der Waals surface area contributed by atoms with Crippen LogP contribution in [0.25, 0.3) is 0 Å². The van der Waals surface area contributed by atoms with Crippen molar-refractivity contribution in [2.24, 2.45) is 0 Å². The Labute approximate surface area is 145 Å². The molecule has 128 valence electrons. The van der Waals surface area contributed by atoms with Gasteiger partial charge in [-0.05, 0) is 38.0 Å². The van der Waals surface area contributed by atoms with E-state index in [9.17, 15) is 9.59 Å². The molecule has 0 fully saturated rings. The number of rotatable bonds is 9. The number of hydrogen-bond acceptors (Lipinski definition) is 4. The van der Waals surface area contributed by atoms with Crippen molar-refractivity contribution in [1.29, 1.82) is 0 Å². The Hall–Kier alpha value is -1.56. The van der Waals surface area contributed by atoms with E-state index in [1.165, 1.54) is 7.11 Å². The average Bonchev–Trinajstić information content (AvgIpc) is 2.51. The van der Waals surface area contributed by atoms with Crippen LogP contribution in [0.1, 0.15) is 39.5 Å². The van der Waals surface area contributed by atoms with Crippen LogP contribution in [0.15, 0.2) is 28.7 Å². The van der Waals surface area contributed by atoms with E-state index in [-0.39, 0.29) is 5.91 Å². The molecule has 0 heterocycles. The molecule has 0 aromatic heterocycles. The van der Waals surface area contributed by atoms with E-state index in [1.54, 1.807) is 6.92 Å². The third-order valence-electron chi connectivity index (χ3n) is 3.41. The van der Waals surface area contributed by atoms with Gasteiger partial charge >= 0.3 is 5.97 Å². The zero-order chi connectivity index (χ0) is 17.3. The molecule has 0 bridgehead atoms. The molecule has 0 spiro atoms. The maximum atomic E-state index is 12.0. The number of methoxy groups -OCH3 is 1. The summed E-state index contributed by atoms with van der Waals surface area (Å²) in [6.07, 6.45) is 2.18. The van der Waals surface area contributed by atoms with Crippen molar-refractivity contribution in [2.75, 3.05) is 13.7 Å². The number of esters is 1. The molecular weight excluding hydrogens is 362 g/mol. The first kappa shape index (κ1) is 19.5. The maximum absolute atomic E-state index is 12.0. The fourth-order valence-electron chi connectivity index (χ4n) is 2.29. The van der Waals surface area contributed by atoms with E-state index in [2.05, 4.69) is 21.2 Å². The summed E-state index contributed by atoms with van der Waals surface area (Å²) in [5.41, 5.74) is -0.967. The Morgan fingerprint density at radius 2 is 2.09 bits per heavy atom. The number of carbonyl (C=O) groups excluding carboxylic acids is 2. The van der Waals surface area contributed by atoms with E-state index in [0.29, 0.717) is 25.9 Å². The molecule has 1 unspecified atom stereocenters. The minimum Gasteiger partial charge on any atom is -0.494 e. The molecule has 1 amide bonds. The largest absolute Gasteiger partial charge is 0.494 e. The van der Waals surface area contributed by atoms with E-state index < -0.39 is 11.5 Å². The van der Waals surface area contributed by atoms with Crippen LogP contribution in [0.4, 0.5) is 0 Å². The summed E-state index contributed by atoms with van der Waals surface area (Å²) in [5, 5.41) is 2.78. The number of amides is 1. The van der Waals surface area contributed by atoms with Gasteiger partial charge < -0.3 is 14.8 Å². The van der Waals surface area contributed by atoms with Gasteiger partial charge in [-0.15, -0.1) is 0 Å². The lowest BCUT2D eigenvalue weighted by Gasteiger charge is -2.27. The van der Waals surface area contributed by atoms with E-state index >= 15 is 0 Å². The fourth-order valence-corrected chi connectivity index (χ4v) is 2.67. The summed E-state index contributed by atoms with van der Waals surface area (Å²) in [7, 11) is 1.33. The first-order valence-corrected chi connectivity index (χ1v) is 8.48. The van der Waals surface area contributed by atoms with Gasteiger partial charge in [0.25, 0.3) is 0 Å². The van der Waals surface area contributed by atoms with Gasteiger partial charge in [0, 0.05) is 10.9 Å². The van der Waals surface area contributed by atoms with Gasteiger partial charge in [-0.1, -0.05) is 35.3 Å². The van der Waals surface area contributed by atoms with Gasteiger partial charge in [-0.3, -0.25) is 4.79 Å². The van der Waals surface area contributed by atoms with Crippen molar-refractivity contribution in [3.05, 3.63) is 28.7 Å². The molecule has 0 saturated heterocycles. The monoisotopic (exact) mass is 385 g/mol. The highest BCUT2D eigenvalue weighted by Crippen LogP contribution is 2.18. The first-order valence-electron chi connectivity index (χ1n) is 7.69. The van der Waals surface area contributed by atoms with E-state index in [0.717, 1.165) is 16.6 Å². The second-order valence-corrected chi connectivity index (χ2v) is 6.45. The Kier molecular flexibility index (Phi) is 8.09. The molecule has 1 aromatic rings. The van der Waals surface area contributed by atoms with Gasteiger partial charge in [-0.25, -0.2) is 4.79 Å². The summed E-state index contributed by atoms with van der Waals surface area (Å²) in [4.78, 5) is 23.9. The summed E-state index contributed by atoms with van der Waals surface area (Å²) in [5.74, 6) is 0.160. The van der Waals surface area contributed by atoms with Gasteiger partial charge in [0.05, 0.1) is 13.7 Å². The highest BCUT2D eigenvalue weighted by Gasteiger charge is 2.34. The molecule has 0 aliphatic rings. The molecule has 0 radical (unpaired) electrons. The van der Waals surface area contributed by atoms with Gasteiger partial charge in [0.1, 0.15) is 11.3 Å². The lowest BCUT2D eigenvalue weighted by Crippen LogP contribution is -2.52. The van der Waals surface area contributed by atoms with Crippen molar-refractivity contribution in [2.45, 2.75) is 45.1 Å². The summed E-state index contributed by atoms with van der Waals surface area (Å²) in [6.45, 7) is 4.09.